The molecule has 0 radical (unpaired) electrons. The molecule has 0 aromatic carbocycles. The van der Waals surface area contributed by atoms with Gasteiger partial charge < -0.3 is 14.2 Å². The molecular formula is C19H34O6. The smallest absolute Gasteiger partial charge is 0.306 e. The lowest BCUT2D eigenvalue weighted by atomic mass is 9.92. The van der Waals surface area contributed by atoms with Gasteiger partial charge >= 0.3 is 17.9 Å². The summed E-state index contributed by atoms with van der Waals surface area (Å²) in [6.07, 6.45) is 2.52. The first kappa shape index (κ1) is 23.4. The van der Waals surface area contributed by atoms with Crippen molar-refractivity contribution in [1.29, 1.82) is 0 Å². The molecule has 0 aliphatic rings. The molecule has 25 heavy (non-hydrogen) atoms. The van der Waals surface area contributed by atoms with E-state index in [1.807, 2.05) is 0 Å². The van der Waals surface area contributed by atoms with Crippen molar-refractivity contribution in [2.45, 2.75) is 91.8 Å². The van der Waals surface area contributed by atoms with Crippen molar-refractivity contribution >= 4 is 17.9 Å². The van der Waals surface area contributed by atoms with Crippen LogP contribution < -0.4 is 0 Å². The summed E-state index contributed by atoms with van der Waals surface area (Å²) in [4.78, 5) is 34.5. The molecule has 0 aliphatic heterocycles. The van der Waals surface area contributed by atoms with E-state index >= 15 is 0 Å². The zero-order chi connectivity index (χ0) is 19.5. The SMILES string of the molecule is CCC(=O)OCCC(C)CCC(OC(=O)CC)C(C)(C)OC(=O)CC. The third-order valence-corrected chi connectivity index (χ3v) is 4.09. The lowest BCUT2D eigenvalue weighted by Gasteiger charge is -2.34. The van der Waals surface area contributed by atoms with Crippen LogP contribution in [0.15, 0.2) is 0 Å². The highest BCUT2D eigenvalue weighted by molar-refractivity contribution is 5.70. The summed E-state index contributed by atoms with van der Waals surface area (Å²) in [5.41, 5.74) is -0.883. The van der Waals surface area contributed by atoms with Gasteiger partial charge in [-0.15, -0.1) is 0 Å². The van der Waals surface area contributed by atoms with Gasteiger partial charge in [0, 0.05) is 19.3 Å². The van der Waals surface area contributed by atoms with E-state index in [0.29, 0.717) is 25.4 Å². The molecule has 0 N–H and O–H groups in total. The summed E-state index contributed by atoms with van der Waals surface area (Å²) in [6.45, 7) is 11.2. The fourth-order valence-corrected chi connectivity index (χ4v) is 2.28. The van der Waals surface area contributed by atoms with E-state index in [-0.39, 0.29) is 30.7 Å². The summed E-state index contributed by atoms with van der Waals surface area (Å²) in [5, 5.41) is 0. The van der Waals surface area contributed by atoms with Crippen LogP contribution in [0.3, 0.4) is 0 Å². The molecule has 0 rings (SSSR count). The first-order chi connectivity index (χ1) is 11.7. The van der Waals surface area contributed by atoms with Gasteiger partial charge in [-0.25, -0.2) is 0 Å². The normalized spacial score (nSPS) is 13.7. The van der Waals surface area contributed by atoms with E-state index < -0.39 is 11.7 Å². The molecule has 0 saturated heterocycles. The highest BCUT2D eigenvalue weighted by Gasteiger charge is 2.36. The van der Waals surface area contributed by atoms with Crippen molar-refractivity contribution in [2.75, 3.05) is 6.61 Å². The quantitative estimate of drug-likeness (QED) is 0.390. The molecular weight excluding hydrogens is 324 g/mol. The monoisotopic (exact) mass is 358 g/mol. The van der Waals surface area contributed by atoms with Crippen LogP contribution >= 0.6 is 0 Å². The van der Waals surface area contributed by atoms with Crippen molar-refractivity contribution in [3.05, 3.63) is 0 Å². The minimum atomic E-state index is -0.883. The van der Waals surface area contributed by atoms with Gasteiger partial charge in [-0.2, -0.15) is 0 Å². The zero-order valence-electron chi connectivity index (χ0n) is 16.6. The maximum atomic E-state index is 11.7. The Labute approximate surface area is 151 Å². The number of esters is 3. The number of hydrogen-bond donors (Lipinski definition) is 0. The largest absolute Gasteiger partial charge is 0.466 e. The number of carbonyl (C=O) groups excluding carboxylic acids is 3. The van der Waals surface area contributed by atoms with Crippen LogP contribution in [0.25, 0.3) is 0 Å². The first-order valence-corrected chi connectivity index (χ1v) is 9.23. The summed E-state index contributed by atoms with van der Waals surface area (Å²) in [7, 11) is 0. The molecule has 0 aromatic heterocycles. The van der Waals surface area contributed by atoms with Crippen LogP contribution in [0, 0.1) is 5.92 Å². The highest BCUT2D eigenvalue weighted by atomic mass is 16.6. The van der Waals surface area contributed by atoms with Crippen LogP contribution in [-0.2, 0) is 28.6 Å². The predicted molar refractivity (Wildman–Crippen MR) is 94.9 cm³/mol. The van der Waals surface area contributed by atoms with E-state index in [9.17, 15) is 14.4 Å². The lowest BCUT2D eigenvalue weighted by Crippen LogP contribution is -2.43. The minimum absolute atomic E-state index is 0.199. The lowest BCUT2D eigenvalue weighted by molar-refractivity contribution is -0.181. The van der Waals surface area contributed by atoms with Crippen molar-refractivity contribution in [2.24, 2.45) is 5.92 Å². The Morgan fingerprint density at radius 2 is 1.40 bits per heavy atom. The van der Waals surface area contributed by atoms with E-state index in [0.717, 1.165) is 12.8 Å². The predicted octanol–water partition coefficient (Wildman–Crippen LogP) is 3.80. The fourth-order valence-electron chi connectivity index (χ4n) is 2.28. The molecule has 0 spiro atoms. The van der Waals surface area contributed by atoms with Gasteiger partial charge in [0.1, 0.15) is 11.7 Å². The summed E-state index contributed by atoms with van der Waals surface area (Å²) >= 11 is 0. The second-order valence-corrected chi connectivity index (χ2v) is 6.81. The van der Waals surface area contributed by atoms with Crippen molar-refractivity contribution in [3.63, 3.8) is 0 Å². The highest BCUT2D eigenvalue weighted by Crippen LogP contribution is 2.26. The second-order valence-electron chi connectivity index (χ2n) is 6.81. The molecule has 6 heteroatoms. The summed E-state index contributed by atoms with van der Waals surface area (Å²) < 4.78 is 16.1. The maximum absolute atomic E-state index is 11.7. The average molecular weight is 358 g/mol. The number of hydrogen-bond acceptors (Lipinski definition) is 6. The second kappa shape index (κ2) is 11.9. The molecule has 0 amide bonds. The molecule has 0 aliphatic carbocycles. The van der Waals surface area contributed by atoms with E-state index in [4.69, 9.17) is 14.2 Å². The van der Waals surface area contributed by atoms with Gasteiger partial charge in [0.25, 0.3) is 0 Å². The molecule has 2 unspecified atom stereocenters. The minimum Gasteiger partial charge on any atom is -0.466 e. The van der Waals surface area contributed by atoms with E-state index in [1.54, 1.807) is 34.6 Å². The molecule has 6 nitrogen and oxygen atoms in total. The van der Waals surface area contributed by atoms with Gasteiger partial charge in [-0.3, -0.25) is 14.4 Å². The van der Waals surface area contributed by atoms with Gasteiger partial charge in [-0.1, -0.05) is 27.7 Å². The Kier molecular flexibility index (Phi) is 11.1. The Balaban J connectivity index is 4.64. The molecule has 0 saturated carbocycles. The maximum Gasteiger partial charge on any atom is 0.306 e. The van der Waals surface area contributed by atoms with E-state index in [2.05, 4.69) is 6.92 Å². The zero-order valence-corrected chi connectivity index (χ0v) is 16.6. The van der Waals surface area contributed by atoms with Gasteiger partial charge in [0.05, 0.1) is 6.61 Å². The van der Waals surface area contributed by atoms with Gasteiger partial charge in [0.15, 0.2) is 0 Å². The first-order valence-electron chi connectivity index (χ1n) is 9.23. The standard InChI is InChI=1S/C19H34O6/c1-7-16(20)23-13-12-14(4)10-11-15(24-17(21)8-2)19(5,6)25-18(22)9-3/h14-15H,7-13H2,1-6H3. The Hall–Kier alpha value is -1.59. The Bertz CT molecular complexity index is 430. The van der Waals surface area contributed by atoms with Crippen molar-refractivity contribution in [3.8, 4) is 0 Å². The van der Waals surface area contributed by atoms with Crippen molar-refractivity contribution < 1.29 is 28.6 Å². The van der Waals surface area contributed by atoms with Crippen LogP contribution in [0.2, 0.25) is 0 Å². The number of rotatable bonds is 12. The van der Waals surface area contributed by atoms with Gasteiger partial charge in [0.2, 0.25) is 0 Å². The van der Waals surface area contributed by atoms with E-state index in [1.165, 1.54) is 0 Å². The summed E-state index contributed by atoms with van der Waals surface area (Å²) in [6, 6.07) is 0. The molecule has 0 heterocycles. The Morgan fingerprint density at radius 1 is 0.840 bits per heavy atom. The average Bonchev–Trinajstić information content (AvgIpc) is 2.57. The third kappa shape index (κ3) is 10.1. The fraction of sp³-hybridized carbons (Fsp3) is 0.842. The molecule has 0 aromatic rings. The topological polar surface area (TPSA) is 78.9 Å². The Morgan fingerprint density at radius 3 is 1.92 bits per heavy atom. The van der Waals surface area contributed by atoms with Crippen LogP contribution in [-0.4, -0.2) is 36.2 Å². The van der Waals surface area contributed by atoms with Crippen LogP contribution in [0.4, 0.5) is 0 Å². The molecule has 0 bridgehead atoms. The third-order valence-electron chi connectivity index (χ3n) is 4.09. The number of carbonyl (C=O) groups is 3. The van der Waals surface area contributed by atoms with Crippen LogP contribution in [0.5, 0.6) is 0 Å². The van der Waals surface area contributed by atoms with Crippen molar-refractivity contribution in [1.82, 2.24) is 0 Å². The number of ether oxygens (including phenoxy) is 3. The molecule has 0 fully saturated rings. The molecule has 2 atom stereocenters. The molecule has 146 valence electrons. The van der Waals surface area contributed by atoms with Gasteiger partial charge in [-0.05, 0) is 39.0 Å². The van der Waals surface area contributed by atoms with Crippen LogP contribution in [0.1, 0.15) is 80.1 Å². The summed E-state index contributed by atoms with van der Waals surface area (Å²) in [5.74, 6) is -0.531.